The number of hydrogen-bond donors (Lipinski definition) is 2. The number of rotatable bonds is 5. The van der Waals surface area contributed by atoms with Gasteiger partial charge in [0, 0.05) is 19.2 Å². The number of nitrogens with zero attached hydrogens (tertiary/aromatic N) is 1. The van der Waals surface area contributed by atoms with Crippen molar-refractivity contribution < 1.29 is 14.3 Å². The van der Waals surface area contributed by atoms with E-state index in [-0.39, 0.29) is 5.91 Å². The summed E-state index contributed by atoms with van der Waals surface area (Å²) in [5.41, 5.74) is 6.16. The lowest BCUT2D eigenvalue weighted by atomic mass is 10.1. The first-order chi connectivity index (χ1) is 9.58. The number of carbonyl (C=O) groups is 2. The number of primary amides is 1. The SMILES string of the molecule is NC(=O)[C@@H](Cc1cccnc1Br)NC(=O)[C@H]1CCCO1. The zero-order valence-corrected chi connectivity index (χ0v) is 12.4. The minimum atomic E-state index is -0.771. The van der Waals surface area contributed by atoms with Gasteiger partial charge in [0.15, 0.2) is 0 Å². The number of ether oxygens (including phenoxy) is 1. The summed E-state index contributed by atoms with van der Waals surface area (Å²) >= 11 is 3.31. The predicted molar refractivity (Wildman–Crippen MR) is 75.7 cm³/mol. The highest BCUT2D eigenvalue weighted by molar-refractivity contribution is 9.10. The summed E-state index contributed by atoms with van der Waals surface area (Å²) in [7, 11) is 0. The molecule has 0 aliphatic carbocycles. The molecule has 0 spiro atoms. The van der Waals surface area contributed by atoms with Gasteiger partial charge in [-0.2, -0.15) is 0 Å². The second-order valence-electron chi connectivity index (χ2n) is 4.62. The highest BCUT2D eigenvalue weighted by atomic mass is 79.9. The molecule has 1 saturated heterocycles. The molecule has 0 unspecified atom stereocenters. The zero-order chi connectivity index (χ0) is 14.5. The molecule has 2 rings (SSSR count). The second-order valence-corrected chi connectivity index (χ2v) is 5.37. The van der Waals surface area contributed by atoms with Crippen LogP contribution in [0.5, 0.6) is 0 Å². The first kappa shape index (κ1) is 14.9. The van der Waals surface area contributed by atoms with E-state index in [1.54, 1.807) is 12.3 Å². The lowest BCUT2D eigenvalue weighted by Gasteiger charge is -2.18. The van der Waals surface area contributed by atoms with Gasteiger partial charge in [-0.25, -0.2) is 4.98 Å². The van der Waals surface area contributed by atoms with Crippen LogP contribution < -0.4 is 11.1 Å². The molecule has 1 aromatic rings. The second kappa shape index (κ2) is 6.81. The zero-order valence-electron chi connectivity index (χ0n) is 10.8. The monoisotopic (exact) mass is 341 g/mol. The van der Waals surface area contributed by atoms with Crippen molar-refractivity contribution in [3.05, 3.63) is 28.5 Å². The number of amides is 2. The van der Waals surface area contributed by atoms with E-state index >= 15 is 0 Å². The summed E-state index contributed by atoms with van der Waals surface area (Å²) in [6.45, 7) is 0.577. The lowest BCUT2D eigenvalue weighted by molar-refractivity contribution is -0.133. The molecule has 3 N–H and O–H groups in total. The number of hydrogen-bond acceptors (Lipinski definition) is 4. The fourth-order valence-corrected chi connectivity index (χ4v) is 2.48. The molecule has 1 aromatic heterocycles. The molecule has 2 atom stereocenters. The Hall–Kier alpha value is -1.47. The minimum Gasteiger partial charge on any atom is -0.368 e. The molecule has 1 aliphatic rings. The summed E-state index contributed by atoms with van der Waals surface area (Å²) < 4.78 is 5.92. The molecular formula is C13H16BrN3O3. The first-order valence-electron chi connectivity index (χ1n) is 6.38. The number of pyridine rings is 1. The van der Waals surface area contributed by atoms with Gasteiger partial charge in [0.25, 0.3) is 0 Å². The standard InChI is InChI=1S/C13H16BrN3O3/c14-11-8(3-1-5-16-11)7-9(12(15)18)17-13(19)10-4-2-6-20-10/h1,3,5,9-10H,2,4,6-7H2,(H2,15,18)(H,17,19)/t9-,10-/m1/s1. The maximum absolute atomic E-state index is 12.0. The number of nitrogens with one attached hydrogen (secondary N) is 1. The van der Waals surface area contributed by atoms with E-state index in [9.17, 15) is 9.59 Å². The summed E-state index contributed by atoms with van der Waals surface area (Å²) in [6.07, 6.45) is 2.98. The molecule has 108 valence electrons. The van der Waals surface area contributed by atoms with Crippen LogP contribution in [0.3, 0.4) is 0 Å². The third kappa shape index (κ3) is 3.77. The molecule has 1 fully saturated rings. The van der Waals surface area contributed by atoms with Crippen molar-refractivity contribution in [2.45, 2.75) is 31.4 Å². The van der Waals surface area contributed by atoms with E-state index in [0.29, 0.717) is 24.1 Å². The molecule has 7 heteroatoms. The van der Waals surface area contributed by atoms with Crippen LogP contribution in [-0.4, -0.2) is 35.6 Å². The molecule has 1 aliphatic heterocycles. The van der Waals surface area contributed by atoms with Crippen LogP contribution in [0.2, 0.25) is 0 Å². The average Bonchev–Trinajstić information content (AvgIpc) is 2.94. The quantitative estimate of drug-likeness (QED) is 0.764. The van der Waals surface area contributed by atoms with Gasteiger partial charge in [-0.05, 0) is 40.4 Å². The smallest absolute Gasteiger partial charge is 0.249 e. The van der Waals surface area contributed by atoms with E-state index < -0.39 is 18.1 Å². The third-order valence-electron chi connectivity index (χ3n) is 3.14. The van der Waals surface area contributed by atoms with E-state index in [2.05, 4.69) is 26.2 Å². The van der Waals surface area contributed by atoms with Gasteiger partial charge in [-0.1, -0.05) is 6.07 Å². The Labute approximate surface area is 125 Å². The summed E-state index contributed by atoms with van der Waals surface area (Å²) in [6, 6.07) is 2.82. The van der Waals surface area contributed by atoms with Gasteiger partial charge in [0.2, 0.25) is 11.8 Å². The van der Waals surface area contributed by atoms with Crippen LogP contribution in [0, 0.1) is 0 Å². The van der Waals surface area contributed by atoms with Gasteiger partial charge >= 0.3 is 0 Å². The first-order valence-corrected chi connectivity index (χ1v) is 7.18. The van der Waals surface area contributed by atoms with E-state index in [1.807, 2.05) is 6.07 Å². The van der Waals surface area contributed by atoms with Crippen molar-refractivity contribution in [3.8, 4) is 0 Å². The lowest BCUT2D eigenvalue weighted by Crippen LogP contribution is -2.49. The van der Waals surface area contributed by atoms with Crippen molar-refractivity contribution in [1.82, 2.24) is 10.3 Å². The Kier molecular flexibility index (Phi) is 5.08. The van der Waals surface area contributed by atoms with Gasteiger partial charge < -0.3 is 15.8 Å². The molecule has 0 radical (unpaired) electrons. The average molecular weight is 342 g/mol. The van der Waals surface area contributed by atoms with Gasteiger partial charge in [0.05, 0.1) is 0 Å². The van der Waals surface area contributed by atoms with Crippen molar-refractivity contribution in [2.75, 3.05) is 6.61 Å². The third-order valence-corrected chi connectivity index (χ3v) is 3.86. The van der Waals surface area contributed by atoms with Crippen molar-refractivity contribution >= 4 is 27.7 Å². The Morgan fingerprint density at radius 3 is 3.00 bits per heavy atom. The van der Waals surface area contributed by atoms with E-state index in [0.717, 1.165) is 12.0 Å². The maximum atomic E-state index is 12.0. The van der Waals surface area contributed by atoms with Crippen LogP contribution in [0.15, 0.2) is 22.9 Å². The number of halogens is 1. The molecule has 20 heavy (non-hydrogen) atoms. The molecule has 6 nitrogen and oxygen atoms in total. The fraction of sp³-hybridized carbons (Fsp3) is 0.462. The number of aromatic nitrogens is 1. The predicted octanol–water partition coefficient (Wildman–Crippen LogP) is 0.536. The normalized spacial score (nSPS) is 19.6. The summed E-state index contributed by atoms with van der Waals surface area (Å²) in [5, 5.41) is 2.65. The molecule has 2 heterocycles. The Morgan fingerprint density at radius 2 is 2.40 bits per heavy atom. The molecular weight excluding hydrogens is 326 g/mol. The van der Waals surface area contributed by atoms with Gasteiger partial charge in [0.1, 0.15) is 16.7 Å². The Balaban J connectivity index is 2.02. The molecule has 0 bridgehead atoms. The fourth-order valence-electron chi connectivity index (χ4n) is 2.06. The van der Waals surface area contributed by atoms with E-state index in [4.69, 9.17) is 10.5 Å². The van der Waals surface area contributed by atoms with Crippen molar-refractivity contribution in [1.29, 1.82) is 0 Å². The molecule has 0 aromatic carbocycles. The highest BCUT2D eigenvalue weighted by Crippen LogP contribution is 2.16. The Bertz CT molecular complexity index is 503. The summed E-state index contributed by atoms with van der Waals surface area (Å²) in [5.74, 6) is -0.863. The Morgan fingerprint density at radius 1 is 1.60 bits per heavy atom. The van der Waals surface area contributed by atoms with Crippen LogP contribution in [-0.2, 0) is 20.7 Å². The van der Waals surface area contributed by atoms with Crippen LogP contribution in [0.1, 0.15) is 18.4 Å². The van der Waals surface area contributed by atoms with Crippen molar-refractivity contribution in [3.63, 3.8) is 0 Å². The van der Waals surface area contributed by atoms with E-state index in [1.165, 1.54) is 0 Å². The minimum absolute atomic E-state index is 0.286. The number of nitrogens with two attached hydrogens (primary N) is 1. The maximum Gasteiger partial charge on any atom is 0.249 e. The highest BCUT2D eigenvalue weighted by Gasteiger charge is 2.27. The van der Waals surface area contributed by atoms with Gasteiger partial charge in [-0.15, -0.1) is 0 Å². The van der Waals surface area contributed by atoms with Gasteiger partial charge in [-0.3, -0.25) is 9.59 Å². The largest absolute Gasteiger partial charge is 0.368 e. The van der Waals surface area contributed by atoms with Crippen LogP contribution in [0.4, 0.5) is 0 Å². The molecule has 2 amide bonds. The number of carbonyl (C=O) groups excluding carboxylic acids is 2. The topological polar surface area (TPSA) is 94.3 Å². The van der Waals surface area contributed by atoms with Crippen molar-refractivity contribution in [2.24, 2.45) is 5.73 Å². The van der Waals surface area contributed by atoms with Crippen LogP contribution in [0.25, 0.3) is 0 Å². The van der Waals surface area contributed by atoms with Crippen LogP contribution >= 0.6 is 15.9 Å². The molecule has 0 saturated carbocycles. The summed E-state index contributed by atoms with van der Waals surface area (Å²) in [4.78, 5) is 27.5.